The van der Waals surface area contributed by atoms with Crippen LogP contribution in [0.15, 0.2) is 48.5 Å². The summed E-state index contributed by atoms with van der Waals surface area (Å²) in [6.07, 6.45) is 30.3. The highest BCUT2D eigenvalue weighted by Gasteiger charge is 2.03. The molecule has 2 rings (SSSR count). The maximum absolute atomic E-state index is 7.56. The zero-order valence-electron chi connectivity index (χ0n) is 32.8. The third-order valence-electron chi connectivity index (χ3n) is 8.14. The molecule has 2 aromatic carbocycles. The number of rotatable bonds is 26. The van der Waals surface area contributed by atoms with E-state index in [2.05, 4.69) is 99.8 Å². The van der Waals surface area contributed by atoms with Gasteiger partial charge in [-0.2, -0.15) is 0 Å². The second-order valence-electron chi connectivity index (χ2n) is 13.0. The van der Waals surface area contributed by atoms with Crippen molar-refractivity contribution in [1.82, 2.24) is 0 Å². The molecule has 0 aliphatic rings. The lowest BCUT2D eigenvalue weighted by Gasteiger charge is -2.09. The van der Waals surface area contributed by atoms with E-state index in [1.165, 1.54) is 140 Å². The van der Waals surface area contributed by atoms with Gasteiger partial charge in [-0.3, -0.25) is 0 Å². The molecular formula is C40H74O8P2S2. The minimum atomic E-state index is -3.81. The fraction of sp³-hybridized carbons (Fsp3) is 0.700. The van der Waals surface area contributed by atoms with Crippen LogP contribution < -0.4 is 9.47 Å². The molecule has 2 aromatic rings. The second-order valence-corrected chi connectivity index (χ2v) is 18.0. The fourth-order valence-corrected chi connectivity index (χ4v) is 5.62. The zero-order chi connectivity index (χ0) is 39.4. The summed E-state index contributed by atoms with van der Waals surface area (Å²) in [5.74, 6) is 2.16. The van der Waals surface area contributed by atoms with Crippen molar-refractivity contribution in [1.29, 1.82) is 0 Å². The van der Waals surface area contributed by atoms with Gasteiger partial charge in [0.2, 0.25) is 0 Å². The van der Waals surface area contributed by atoms with Crippen LogP contribution in [-0.2, 0) is 36.5 Å². The molecule has 0 heterocycles. The van der Waals surface area contributed by atoms with E-state index in [0.29, 0.717) is 0 Å². The third kappa shape index (κ3) is 43.5. The van der Waals surface area contributed by atoms with Crippen LogP contribution in [0.2, 0.25) is 0 Å². The number of unbranched alkanes of at least 4 members (excludes halogenated alkanes) is 18. The zero-order valence-corrected chi connectivity index (χ0v) is 36.2. The molecule has 0 aromatic heterocycles. The monoisotopic (exact) mass is 808 g/mol. The second kappa shape index (κ2) is 37.0. The van der Waals surface area contributed by atoms with Crippen LogP contribution >= 0.6 is 13.4 Å². The maximum Gasteiger partial charge on any atom is 0.319 e. The number of para-hydroxylation sites is 2. The molecule has 0 saturated carbocycles. The van der Waals surface area contributed by atoms with Gasteiger partial charge >= 0.3 is 13.4 Å². The van der Waals surface area contributed by atoms with Gasteiger partial charge in [0.05, 0.1) is 13.2 Å². The van der Waals surface area contributed by atoms with E-state index in [-0.39, 0.29) is 0 Å². The molecule has 52 heavy (non-hydrogen) atoms. The van der Waals surface area contributed by atoms with Crippen molar-refractivity contribution >= 4 is 37.1 Å². The summed E-state index contributed by atoms with van der Waals surface area (Å²) < 4.78 is 11.4. The predicted octanol–water partition coefficient (Wildman–Crippen LogP) is 11.5. The lowest BCUT2D eigenvalue weighted by Crippen LogP contribution is -1.96. The van der Waals surface area contributed by atoms with E-state index in [0.717, 1.165) is 37.6 Å². The number of hydrogen-bond acceptors (Lipinski definition) is 4. The SMILES string of the molecule is CCCCCCCCCCCCc1ccccc1OCC.CCCCCCCCCCCCc1ccccc1OCC.OP(O)(O)=S.OP(O)(O)=S. The van der Waals surface area contributed by atoms with E-state index in [1.54, 1.807) is 0 Å². The first-order valence-electron chi connectivity index (χ1n) is 19.7. The number of ether oxygens (including phenoxy) is 2. The molecule has 0 aliphatic heterocycles. The smallest absolute Gasteiger partial charge is 0.319 e. The largest absolute Gasteiger partial charge is 0.494 e. The molecule has 8 nitrogen and oxygen atoms in total. The number of benzene rings is 2. The maximum atomic E-state index is 7.56. The van der Waals surface area contributed by atoms with Crippen molar-refractivity contribution < 1.29 is 38.8 Å². The highest BCUT2D eigenvalue weighted by Crippen LogP contribution is 2.27. The molecule has 0 aliphatic carbocycles. The van der Waals surface area contributed by atoms with Gasteiger partial charge in [0.25, 0.3) is 0 Å². The summed E-state index contributed by atoms with van der Waals surface area (Å²) in [7, 11) is 0. The lowest BCUT2D eigenvalue weighted by molar-refractivity contribution is 0.336. The molecule has 0 amide bonds. The van der Waals surface area contributed by atoms with Gasteiger partial charge in [-0.15, -0.1) is 0 Å². The Hall–Kier alpha value is -0.900. The minimum Gasteiger partial charge on any atom is -0.494 e. The molecule has 0 radical (unpaired) electrons. The van der Waals surface area contributed by atoms with Gasteiger partial charge in [-0.05, 0) is 86.4 Å². The predicted molar refractivity (Wildman–Crippen MR) is 228 cm³/mol. The van der Waals surface area contributed by atoms with E-state index in [9.17, 15) is 0 Å². The summed E-state index contributed by atoms with van der Waals surface area (Å²) >= 11 is 7.21. The van der Waals surface area contributed by atoms with Gasteiger partial charge in [-0.1, -0.05) is 166 Å². The molecule has 304 valence electrons. The average Bonchev–Trinajstić information content (AvgIpc) is 3.07. The molecule has 0 unspecified atom stereocenters. The first-order chi connectivity index (χ1) is 24.8. The Morgan fingerprint density at radius 3 is 0.885 bits per heavy atom. The molecule has 0 saturated heterocycles. The van der Waals surface area contributed by atoms with Crippen LogP contribution in [0.1, 0.15) is 167 Å². The van der Waals surface area contributed by atoms with E-state index >= 15 is 0 Å². The van der Waals surface area contributed by atoms with Crippen molar-refractivity contribution in [3.8, 4) is 11.5 Å². The Balaban J connectivity index is 0. The summed E-state index contributed by atoms with van der Waals surface area (Å²) in [5.41, 5.74) is 2.75. The average molecular weight is 809 g/mol. The quantitative estimate of drug-likeness (QED) is 0.0402. The normalized spacial score (nSPS) is 11.0. The van der Waals surface area contributed by atoms with Gasteiger partial charge in [0, 0.05) is 0 Å². The first kappa shape index (κ1) is 53.2. The van der Waals surface area contributed by atoms with Crippen LogP contribution in [-0.4, -0.2) is 42.6 Å². The Morgan fingerprint density at radius 1 is 0.404 bits per heavy atom. The van der Waals surface area contributed by atoms with Crippen LogP contribution in [0.3, 0.4) is 0 Å². The molecule has 0 bridgehead atoms. The first-order valence-corrected chi connectivity index (χ1v) is 25.1. The minimum absolute atomic E-state index is 0.759. The highest BCUT2D eigenvalue weighted by atomic mass is 32.5. The third-order valence-corrected chi connectivity index (χ3v) is 8.14. The Kier molecular flexibility index (Phi) is 37.9. The summed E-state index contributed by atoms with van der Waals surface area (Å²) in [6, 6.07) is 17.0. The van der Waals surface area contributed by atoms with Crippen LogP contribution in [0, 0.1) is 0 Å². The van der Waals surface area contributed by atoms with Gasteiger partial charge in [0.1, 0.15) is 11.5 Å². The number of hydrogen-bond donors (Lipinski definition) is 6. The Morgan fingerprint density at radius 2 is 0.635 bits per heavy atom. The van der Waals surface area contributed by atoms with Crippen molar-refractivity contribution in [2.75, 3.05) is 13.2 Å². The molecule has 0 atom stereocenters. The van der Waals surface area contributed by atoms with Crippen molar-refractivity contribution in [3.63, 3.8) is 0 Å². The highest BCUT2D eigenvalue weighted by molar-refractivity contribution is 8.06. The number of aryl methyl sites for hydroxylation is 2. The summed E-state index contributed by atoms with van der Waals surface area (Å²) in [6.45, 7) is 2.58. The van der Waals surface area contributed by atoms with Gasteiger partial charge < -0.3 is 38.8 Å². The van der Waals surface area contributed by atoms with Crippen LogP contribution in [0.4, 0.5) is 0 Å². The molecular weight excluding hydrogens is 735 g/mol. The lowest BCUT2D eigenvalue weighted by atomic mass is 10.0. The van der Waals surface area contributed by atoms with Gasteiger partial charge in [-0.25, -0.2) is 0 Å². The topological polar surface area (TPSA) is 140 Å². The van der Waals surface area contributed by atoms with E-state index in [4.69, 9.17) is 38.8 Å². The van der Waals surface area contributed by atoms with Crippen molar-refractivity contribution in [2.45, 2.75) is 169 Å². The van der Waals surface area contributed by atoms with E-state index in [1.807, 2.05) is 0 Å². The van der Waals surface area contributed by atoms with Crippen LogP contribution in [0.25, 0.3) is 0 Å². The summed E-state index contributed by atoms with van der Waals surface area (Å²) in [5, 5.41) is 0. The van der Waals surface area contributed by atoms with E-state index < -0.39 is 13.4 Å². The fourth-order valence-electron chi connectivity index (χ4n) is 5.62. The Bertz CT molecular complexity index is 1050. The molecule has 0 spiro atoms. The molecule has 0 fully saturated rings. The standard InChI is InChI=1S/2C20H34O.2H3O3PS/c2*1-3-5-6-7-8-9-10-11-12-13-16-19-17-14-15-18-20(19)21-4-2;2*1-4(2,3)5/h2*14-15,17-18H,3-13,16H2,1-2H3;2*(H3,1,2,3,5). The summed E-state index contributed by atoms with van der Waals surface area (Å²) in [4.78, 5) is 45.3. The van der Waals surface area contributed by atoms with Gasteiger partial charge in [0.15, 0.2) is 0 Å². The molecule has 12 heteroatoms. The van der Waals surface area contributed by atoms with Crippen LogP contribution in [0.5, 0.6) is 11.5 Å². The Labute approximate surface area is 327 Å². The van der Waals surface area contributed by atoms with Crippen molar-refractivity contribution in [3.05, 3.63) is 59.7 Å². The van der Waals surface area contributed by atoms with Crippen molar-refractivity contribution in [2.24, 2.45) is 0 Å². The molecule has 6 N–H and O–H groups in total.